The quantitative estimate of drug-likeness (QED) is 0.452. The van der Waals surface area contributed by atoms with Crippen LogP contribution >= 0.6 is 0 Å². The Kier molecular flexibility index (Phi) is 9.97. The number of ether oxygens (including phenoxy) is 3. The summed E-state index contributed by atoms with van der Waals surface area (Å²) in [7, 11) is 5.30. The van der Waals surface area contributed by atoms with E-state index in [0.29, 0.717) is 12.3 Å². The summed E-state index contributed by atoms with van der Waals surface area (Å²) in [6.45, 7) is 0.490. The van der Waals surface area contributed by atoms with Gasteiger partial charge in [-0.1, -0.05) is 30.3 Å². The van der Waals surface area contributed by atoms with Gasteiger partial charge in [0, 0.05) is 6.54 Å². The van der Waals surface area contributed by atoms with Gasteiger partial charge in [0.2, 0.25) is 0 Å². The van der Waals surface area contributed by atoms with Crippen molar-refractivity contribution in [2.75, 3.05) is 34.4 Å². The number of likely N-dealkylation sites (N-methyl/N-ethyl adjacent to an activating group) is 1. The van der Waals surface area contributed by atoms with Crippen molar-refractivity contribution >= 4 is 11.9 Å². The molecule has 0 spiro atoms. The first-order valence-corrected chi connectivity index (χ1v) is 10.4. The smallest absolute Gasteiger partial charge is 0.333 e. The minimum absolute atomic E-state index is 0.100. The van der Waals surface area contributed by atoms with Crippen LogP contribution in [0.5, 0.6) is 11.5 Å². The first kappa shape index (κ1) is 25.2. The number of hydrogen-bond donors (Lipinski definition) is 2. The third kappa shape index (κ3) is 8.56. The molecule has 0 heterocycles. The van der Waals surface area contributed by atoms with Crippen LogP contribution in [0.1, 0.15) is 17.5 Å². The molecule has 0 fully saturated rings. The van der Waals surface area contributed by atoms with E-state index in [9.17, 15) is 14.7 Å². The minimum Gasteiger partial charge on any atom is -0.497 e. The Hall–Kier alpha value is -3.10. The average Bonchev–Trinajstić information content (AvgIpc) is 2.76. The Morgan fingerprint density at radius 2 is 1.81 bits per heavy atom. The van der Waals surface area contributed by atoms with Crippen molar-refractivity contribution in [3.63, 3.8) is 0 Å². The number of aliphatic carboxylic acids is 1. The number of carbonyl (C=O) groups is 2. The maximum Gasteiger partial charge on any atom is 0.333 e. The minimum atomic E-state index is -1.79. The second kappa shape index (κ2) is 12.7. The van der Waals surface area contributed by atoms with Crippen LogP contribution in [0.25, 0.3) is 0 Å². The highest BCUT2D eigenvalue weighted by molar-refractivity contribution is 5.80. The van der Waals surface area contributed by atoms with Crippen LogP contribution in [0.3, 0.4) is 0 Å². The zero-order chi connectivity index (χ0) is 23.5. The van der Waals surface area contributed by atoms with Crippen molar-refractivity contribution < 1.29 is 34.0 Å². The summed E-state index contributed by atoms with van der Waals surface area (Å²) < 4.78 is 16.6. The Morgan fingerprint density at radius 1 is 1.06 bits per heavy atom. The van der Waals surface area contributed by atoms with Crippen LogP contribution in [0.15, 0.2) is 48.5 Å². The lowest BCUT2D eigenvalue weighted by atomic mass is 10.0. The number of aryl methyl sites for hydroxylation is 2. The lowest BCUT2D eigenvalue weighted by molar-refractivity contribution is -0.160. The molecular formula is C24H31NO7. The molecule has 0 saturated heterocycles. The molecule has 0 aliphatic rings. The third-order valence-electron chi connectivity index (χ3n) is 4.73. The zero-order valence-electron chi connectivity index (χ0n) is 18.7. The predicted octanol–water partition coefficient (Wildman–Crippen LogP) is 2.17. The van der Waals surface area contributed by atoms with E-state index in [1.54, 1.807) is 7.11 Å². The molecule has 0 aliphatic heterocycles. The second-order valence-electron chi connectivity index (χ2n) is 7.70. The highest BCUT2D eigenvalue weighted by atomic mass is 16.6. The summed E-state index contributed by atoms with van der Waals surface area (Å²) in [5.41, 5.74) is 2.17. The topological polar surface area (TPSA) is 106 Å². The molecule has 0 saturated carbocycles. The molecule has 0 aromatic heterocycles. The largest absolute Gasteiger partial charge is 0.497 e. The average molecular weight is 446 g/mol. The molecule has 0 aliphatic carbocycles. The molecule has 0 bridgehead atoms. The Bertz CT molecular complexity index is 884. The van der Waals surface area contributed by atoms with E-state index < -0.39 is 30.6 Å². The van der Waals surface area contributed by atoms with Crippen molar-refractivity contribution in [2.24, 2.45) is 0 Å². The monoisotopic (exact) mass is 445 g/mol. The number of carbonyl (C=O) groups excluding carboxylic acids is 1. The van der Waals surface area contributed by atoms with Crippen molar-refractivity contribution in [3.8, 4) is 11.5 Å². The van der Waals surface area contributed by atoms with E-state index in [2.05, 4.69) is 0 Å². The predicted molar refractivity (Wildman–Crippen MR) is 119 cm³/mol. The molecule has 8 heteroatoms. The number of aliphatic hydroxyl groups excluding tert-OH is 1. The lowest BCUT2D eigenvalue weighted by Crippen LogP contribution is -2.36. The van der Waals surface area contributed by atoms with Crippen molar-refractivity contribution in [1.82, 2.24) is 4.90 Å². The zero-order valence-corrected chi connectivity index (χ0v) is 18.7. The van der Waals surface area contributed by atoms with E-state index in [1.165, 1.54) is 0 Å². The molecule has 2 aromatic carbocycles. The van der Waals surface area contributed by atoms with Gasteiger partial charge in [-0.2, -0.15) is 0 Å². The Balaban J connectivity index is 1.99. The fourth-order valence-electron chi connectivity index (χ4n) is 3.15. The van der Waals surface area contributed by atoms with Crippen LogP contribution in [0, 0.1) is 0 Å². The molecular weight excluding hydrogens is 414 g/mol. The van der Waals surface area contributed by atoms with Crippen LogP contribution in [0.2, 0.25) is 0 Å². The van der Waals surface area contributed by atoms with E-state index in [1.807, 2.05) is 67.5 Å². The van der Waals surface area contributed by atoms with Crippen LogP contribution in [0.4, 0.5) is 0 Å². The summed E-state index contributed by atoms with van der Waals surface area (Å²) >= 11 is 0. The molecule has 2 aromatic rings. The highest BCUT2D eigenvalue weighted by Gasteiger charge is 2.23. The van der Waals surface area contributed by atoms with Gasteiger partial charge in [-0.05, 0) is 56.3 Å². The van der Waals surface area contributed by atoms with Gasteiger partial charge in [0.15, 0.2) is 6.10 Å². The number of rotatable bonds is 13. The number of carboxylic acid groups (broad SMARTS) is 1. The van der Waals surface area contributed by atoms with E-state index >= 15 is 0 Å². The Morgan fingerprint density at radius 3 is 2.50 bits per heavy atom. The summed E-state index contributed by atoms with van der Waals surface area (Å²) in [4.78, 5) is 24.6. The van der Waals surface area contributed by atoms with Gasteiger partial charge in [0.1, 0.15) is 24.2 Å². The van der Waals surface area contributed by atoms with E-state index in [0.717, 1.165) is 29.7 Å². The number of para-hydroxylation sites is 1. The maximum absolute atomic E-state index is 12.0. The number of carboxylic acids is 1. The fourth-order valence-corrected chi connectivity index (χ4v) is 3.15. The summed E-state index contributed by atoms with van der Waals surface area (Å²) in [5.74, 6) is -0.747. The molecule has 2 N–H and O–H groups in total. The number of benzene rings is 2. The van der Waals surface area contributed by atoms with Gasteiger partial charge in [0.25, 0.3) is 0 Å². The standard InChI is InChI=1S/C24H31NO7/c1-25(2)15-20(32-23(27)14-21(26)24(28)29)16-31-22-10-5-4-8-18(22)12-11-17-7-6-9-19(13-17)30-3/h4-10,13,20-21,26H,11-12,14-16H2,1-3H3,(H,28,29)/t20-,21+/m1/s1. The third-order valence-corrected chi connectivity index (χ3v) is 4.73. The van der Waals surface area contributed by atoms with Crippen LogP contribution in [-0.4, -0.2) is 73.6 Å². The lowest BCUT2D eigenvalue weighted by Gasteiger charge is -2.23. The van der Waals surface area contributed by atoms with Crippen LogP contribution < -0.4 is 9.47 Å². The molecule has 174 valence electrons. The highest BCUT2D eigenvalue weighted by Crippen LogP contribution is 2.22. The van der Waals surface area contributed by atoms with Crippen molar-refractivity contribution in [1.29, 1.82) is 0 Å². The fraction of sp³-hybridized carbons (Fsp3) is 0.417. The number of methoxy groups -OCH3 is 1. The van der Waals surface area contributed by atoms with Gasteiger partial charge in [-0.3, -0.25) is 4.79 Å². The van der Waals surface area contributed by atoms with Gasteiger partial charge in [-0.25, -0.2) is 4.79 Å². The van der Waals surface area contributed by atoms with E-state index in [4.69, 9.17) is 19.3 Å². The van der Waals surface area contributed by atoms with Gasteiger partial charge >= 0.3 is 11.9 Å². The number of hydrogen-bond acceptors (Lipinski definition) is 7. The first-order valence-electron chi connectivity index (χ1n) is 10.4. The molecule has 0 unspecified atom stereocenters. The Labute approximate surface area is 188 Å². The molecule has 8 nitrogen and oxygen atoms in total. The molecule has 0 radical (unpaired) electrons. The molecule has 32 heavy (non-hydrogen) atoms. The molecule has 2 atom stereocenters. The SMILES string of the molecule is COc1cccc(CCc2ccccc2OC[C@@H](CN(C)C)OC(=O)C[C@H](O)C(=O)O)c1. The van der Waals surface area contributed by atoms with Crippen molar-refractivity contribution in [3.05, 3.63) is 59.7 Å². The maximum atomic E-state index is 12.0. The number of aliphatic hydroxyl groups is 1. The van der Waals surface area contributed by atoms with Crippen molar-refractivity contribution in [2.45, 2.75) is 31.5 Å². The van der Waals surface area contributed by atoms with Crippen LogP contribution in [-0.2, 0) is 27.2 Å². The van der Waals surface area contributed by atoms with Gasteiger partial charge in [0.05, 0.1) is 13.5 Å². The number of nitrogens with zero attached hydrogens (tertiary/aromatic N) is 1. The van der Waals surface area contributed by atoms with E-state index in [-0.39, 0.29) is 6.61 Å². The molecule has 0 amide bonds. The molecule has 2 rings (SSSR count). The summed E-state index contributed by atoms with van der Waals surface area (Å²) in [6.07, 6.45) is -1.46. The number of esters is 1. The first-order chi connectivity index (χ1) is 15.3. The van der Waals surface area contributed by atoms with Gasteiger partial charge < -0.3 is 29.3 Å². The summed E-state index contributed by atoms with van der Waals surface area (Å²) in [5, 5.41) is 18.1. The second-order valence-corrected chi connectivity index (χ2v) is 7.70. The summed E-state index contributed by atoms with van der Waals surface area (Å²) in [6, 6.07) is 15.6. The van der Waals surface area contributed by atoms with Gasteiger partial charge in [-0.15, -0.1) is 0 Å². The normalized spacial score (nSPS) is 12.8.